The first-order chi connectivity index (χ1) is 55.5. The van der Waals surface area contributed by atoms with Gasteiger partial charge in [0.05, 0.1) is 10.8 Å². The van der Waals surface area contributed by atoms with Gasteiger partial charge in [-0.25, -0.2) is 29.9 Å². The fourth-order valence-electron chi connectivity index (χ4n) is 16.9. The number of allylic oxidation sites excluding steroid dienone is 4. The first-order valence-electron chi connectivity index (χ1n) is 38.1. The Balaban J connectivity index is 0.568. The maximum Gasteiger partial charge on any atom is 0.164 e. The van der Waals surface area contributed by atoms with E-state index in [1.54, 1.807) is 0 Å². The van der Waals surface area contributed by atoms with E-state index in [1.165, 1.54) is 66.8 Å². The van der Waals surface area contributed by atoms with Gasteiger partial charge in [-0.1, -0.05) is 315 Å². The summed E-state index contributed by atoms with van der Waals surface area (Å²) in [6.07, 6.45) is 9.21. The van der Waals surface area contributed by atoms with Gasteiger partial charge >= 0.3 is 0 Å². The number of hydrogen-bond donors (Lipinski definition) is 0. The van der Waals surface area contributed by atoms with Crippen molar-refractivity contribution >= 4 is 0 Å². The van der Waals surface area contributed by atoms with E-state index >= 15 is 0 Å². The largest absolute Gasteiger partial charge is 0.457 e. The molecule has 17 aromatic rings. The first kappa shape index (κ1) is 66.8. The summed E-state index contributed by atoms with van der Waals surface area (Å²) in [6.45, 7) is 0. The van der Waals surface area contributed by atoms with Crippen LogP contribution in [0.25, 0.3) is 124 Å². The monoisotopic (exact) mass is 1430 g/mol. The van der Waals surface area contributed by atoms with E-state index in [0.717, 1.165) is 91.1 Å². The second-order valence-corrected chi connectivity index (χ2v) is 28.6. The van der Waals surface area contributed by atoms with Gasteiger partial charge in [0.2, 0.25) is 0 Å². The van der Waals surface area contributed by atoms with Crippen molar-refractivity contribution in [3.8, 4) is 147 Å². The maximum atomic E-state index is 6.58. The molecule has 0 spiro atoms. The van der Waals surface area contributed by atoms with Crippen molar-refractivity contribution in [2.24, 2.45) is 0 Å². The van der Waals surface area contributed by atoms with Crippen molar-refractivity contribution in [3.63, 3.8) is 0 Å². The summed E-state index contributed by atoms with van der Waals surface area (Å²) in [4.78, 5) is 30.3. The molecule has 8 nitrogen and oxygen atoms in total. The zero-order valence-corrected chi connectivity index (χ0v) is 61.0. The fraction of sp³-hybridized carbons (Fsp3) is 0.0385. The lowest BCUT2D eigenvalue weighted by atomic mass is 9.66. The molecule has 0 saturated heterocycles. The van der Waals surface area contributed by atoms with Crippen LogP contribution >= 0.6 is 0 Å². The highest BCUT2D eigenvalue weighted by atomic mass is 16.5. The van der Waals surface area contributed by atoms with Crippen LogP contribution in [-0.2, 0) is 10.8 Å². The van der Waals surface area contributed by atoms with Crippen LogP contribution in [0.1, 0.15) is 51.8 Å². The molecule has 112 heavy (non-hydrogen) atoms. The first-order valence-corrected chi connectivity index (χ1v) is 38.1. The molecule has 2 atom stereocenters. The number of rotatable bonds is 17. The molecular weight excluding hydrogens is 1370 g/mol. The van der Waals surface area contributed by atoms with Gasteiger partial charge in [-0.2, -0.15) is 0 Å². The van der Waals surface area contributed by atoms with Crippen molar-refractivity contribution < 1.29 is 9.47 Å². The molecule has 0 N–H and O–H groups in total. The summed E-state index contributed by atoms with van der Waals surface area (Å²) < 4.78 is 13.1. The fourth-order valence-corrected chi connectivity index (χ4v) is 16.9. The van der Waals surface area contributed by atoms with Crippen LogP contribution < -0.4 is 9.47 Å². The second-order valence-electron chi connectivity index (χ2n) is 28.6. The third-order valence-corrected chi connectivity index (χ3v) is 22.1. The molecule has 0 radical (unpaired) electrons. The van der Waals surface area contributed by atoms with Crippen molar-refractivity contribution in [3.05, 3.63) is 445 Å². The molecular formula is C104H70N6O2. The van der Waals surface area contributed by atoms with Crippen LogP contribution in [0.4, 0.5) is 0 Å². The Bertz CT molecular complexity index is 6380. The lowest BCUT2D eigenvalue weighted by Gasteiger charge is -2.35. The highest BCUT2D eigenvalue weighted by Crippen LogP contribution is 2.60. The zero-order chi connectivity index (χ0) is 74.4. The minimum absolute atomic E-state index is 0.429. The van der Waals surface area contributed by atoms with Crippen LogP contribution in [0.3, 0.4) is 0 Å². The van der Waals surface area contributed by atoms with Crippen LogP contribution in [0.5, 0.6) is 23.0 Å². The number of nitrogens with zero attached hydrogens (tertiary/aromatic N) is 6. The molecule has 0 saturated carbocycles. The topological polar surface area (TPSA) is 95.8 Å². The van der Waals surface area contributed by atoms with Gasteiger partial charge in [0.25, 0.3) is 0 Å². The number of ether oxygens (including phenoxy) is 2. The standard InChI is InChI=1S/C104H70N6O2/c1-7-25-72(26-8-1)97-105-98(73-27-9-2-10-28-73)107-100(106-97)75-51-62-87(63-52-75)112-85-60-49-71(50-61-85)88-41-24-44-94-96(88)91-40-20-22-43-93(91)103(94,80-33-13-4-14-34-80)83-56-45-69(46-57-83)77-31-23-32-79(67-77)102-109-99(74-29-11-3-12-30-74)108-101(110-102)76-53-64-86(65-54-76)111-84-58-47-70(48-59-84)78-55-66-90-89-39-19-21-42-92(89)104(95(90)68-78,81-35-15-5-16-36-81)82-37-17-6-18-38-82/h1-5,7-17,19-68H,6,18H2. The molecule has 0 bridgehead atoms. The molecule has 0 amide bonds. The van der Waals surface area contributed by atoms with Crippen molar-refractivity contribution in [2.75, 3.05) is 0 Å². The number of hydrogen-bond acceptors (Lipinski definition) is 8. The molecule has 2 heterocycles. The third kappa shape index (κ3) is 12.0. The van der Waals surface area contributed by atoms with Gasteiger partial charge in [-0.05, 0) is 198 Å². The Morgan fingerprint density at radius 1 is 0.214 bits per heavy atom. The molecule has 3 aliphatic rings. The summed E-state index contributed by atoms with van der Waals surface area (Å²) in [5.74, 6) is 6.41. The Labute approximate surface area is 650 Å². The smallest absolute Gasteiger partial charge is 0.164 e. The van der Waals surface area contributed by atoms with Gasteiger partial charge < -0.3 is 9.47 Å². The molecule has 20 rings (SSSR count). The summed E-state index contributed by atoms with van der Waals surface area (Å²) >= 11 is 0. The van der Waals surface area contributed by atoms with Gasteiger partial charge in [0.1, 0.15) is 23.0 Å². The van der Waals surface area contributed by atoms with Crippen molar-refractivity contribution in [1.29, 1.82) is 0 Å². The van der Waals surface area contributed by atoms with E-state index in [-0.39, 0.29) is 0 Å². The van der Waals surface area contributed by atoms with E-state index in [9.17, 15) is 0 Å². The summed E-state index contributed by atoms with van der Waals surface area (Å²) in [5.41, 5.74) is 25.9. The predicted molar refractivity (Wildman–Crippen MR) is 451 cm³/mol. The average Bonchev–Trinajstić information content (AvgIpc) is 1.54. The molecule has 2 unspecified atom stereocenters. The van der Waals surface area contributed by atoms with Gasteiger partial charge in [0.15, 0.2) is 34.9 Å². The lowest BCUT2D eigenvalue weighted by Crippen LogP contribution is -2.29. The van der Waals surface area contributed by atoms with Crippen LogP contribution in [0, 0.1) is 0 Å². The molecule has 528 valence electrons. The summed E-state index contributed by atoms with van der Waals surface area (Å²) in [7, 11) is 0. The number of benzene rings is 15. The Kier molecular flexibility index (Phi) is 17.0. The van der Waals surface area contributed by atoms with Gasteiger partial charge in [0, 0.05) is 33.4 Å². The Hall–Kier alpha value is -14.6. The molecule has 0 aliphatic heterocycles. The van der Waals surface area contributed by atoms with Gasteiger partial charge in [-0.3, -0.25) is 0 Å². The van der Waals surface area contributed by atoms with Crippen LogP contribution in [0.15, 0.2) is 406 Å². The molecule has 15 aromatic carbocycles. The molecule has 3 aliphatic carbocycles. The highest BCUT2D eigenvalue weighted by molar-refractivity contribution is 5.96. The van der Waals surface area contributed by atoms with Crippen molar-refractivity contribution in [1.82, 2.24) is 29.9 Å². The highest BCUT2D eigenvalue weighted by Gasteiger charge is 2.48. The molecule has 2 aromatic heterocycles. The van der Waals surface area contributed by atoms with E-state index in [1.807, 2.05) is 140 Å². The normalized spacial score (nSPS) is 15.0. The quantitative estimate of drug-likeness (QED) is 0.0890. The van der Waals surface area contributed by atoms with Crippen LogP contribution in [-0.4, -0.2) is 29.9 Å². The Morgan fingerprint density at radius 2 is 0.554 bits per heavy atom. The van der Waals surface area contributed by atoms with E-state index in [2.05, 4.69) is 261 Å². The SMILES string of the molecule is C1=CC(C2(c3ccccc3)c3ccccc3-c3ccc(-c4ccc(Oc5ccc(-c6nc(-c7ccccc7)nc(-c7cccc(-c8ccc(C9(c%10ccccc%10)c%10ccccc%10-c%10c(-c%11ccc(Oc%12ccc(-c%13nc(-c%14ccccc%14)nc(-c%14ccccc%14)n%13)cc%12)cc%11)cccc%109)cc8)c7)n6)cc5)cc4)cc32)=CCC1. The number of fused-ring (bicyclic) bond motifs is 6. The summed E-state index contributed by atoms with van der Waals surface area (Å²) in [6, 6.07) is 134. The molecule has 0 fully saturated rings. The van der Waals surface area contributed by atoms with Crippen molar-refractivity contribution in [2.45, 2.75) is 23.7 Å². The minimum atomic E-state index is -0.640. The lowest BCUT2D eigenvalue weighted by molar-refractivity contribution is 0.482. The van der Waals surface area contributed by atoms with E-state index in [0.29, 0.717) is 46.4 Å². The Morgan fingerprint density at radius 3 is 1.05 bits per heavy atom. The maximum absolute atomic E-state index is 6.58. The third-order valence-electron chi connectivity index (χ3n) is 22.1. The average molecular weight is 1440 g/mol. The van der Waals surface area contributed by atoms with E-state index in [4.69, 9.17) is 39.4 Å². The molecule has 8 heteroatoms. The van der Waals surface area contributed by atoms with E-state index < -0.39 is 10.8 Å². The van der Waals surface area contributed by atoms with Crippen LogP contribution in [0.2, 0.25) is 0 Å². The predicted octanol–water partition coefficient (Wildman–Crippen LogP) is 25.6. The second kappa shape index (κ2) is 28.5. The summed E-state index contributed by atoms with van der Waals surface area (Å²) in [5, 5.41) is 0. The van der Waals surface area contributed by atoms with Gasteiger partial charge in [-0.15, -0.1) is 0 Å². The zero-order valence-electron chi connectivity index (χ0n) is 61.0. The minimum Gasteiger partial charge on any atom is -0.457 e. The number of aromatic nitrogens is 6.